The molecule has 1 aliphatic rings. The van der Waals surface area contributed by atoms with Crippen molar-refractivity contribution in [1.29, 1.82) is 0 Å². The molecule has 156 valence electrons. The quantitative estimate of drug-likeness (QED) is 0.630. The minimum Gasteiger partial charge on any atom is -0.322 e. The summed E-state index contributed by atoms with van der Waals surface area (Å²) in [6.07, 6.45) is 2.56. The second-order valence-electron chi connectivity index (χ2n) is 7.59. The molecular weight excluding hydrogens is 427 g/mol. The zero-order valence-electron chi connectivity index (χ0n) is 15.7. The topological polar surface area (TPSA) is 63.2 Å². The van der Waals surface area contributed by atoms with E-state index < -0.39 is 37.9 Å². The minimum absolute atomic E-state index is 0.00813. The van der Waals surface area contributed by atoms with Gasteiger partial charge >= 0.3 is 0 Å². The lowest BCUT2D eigenvalue weighted by Gasteiger charge is -2.39. The lowest BCUT2D eigenvalue weighted by Crippen LogP contribution is -2.43. The zero-order chi connectivity index (χ0) is 21.6. The maximum absolute atomic E-state index is 13.3. The highest BCUT2D eigenvalue weighted by Crippen LogP contribution is 2.44. The summed E-state index contributed by atoms with van der Waals surface area (Å²) in [4.78, 5) is 12.3. The number of benzene rings is 2. The van der Waals surface area contributed by atoms with Gasteiger partial charge in [0.05, 0.1) is 14.7 Å². The molecule has 0 heterocycles. The van der Waals surface area contributed by atoms with Crippen molar-refractivity contribution < 1.29 is 26.4 Å². The van der Waals surface area contributed by atoms with Gasteiger partial charge in [-0.05, 0) is 50.8 Å². The standard InChI is InChI=1S/C20H19ClF3NO3S/c1-20(2,12-4-3-5-12)29(27,28)17-8-11(6-7-14(17)21)19(26)25-13-9-15(22)18(24)16(23)10-13/h6-10,12H,3-5H2,1-2H3,(H,25,26). The molecule has 1 N–H and O–H groups in total. The second kappa shape index (κ2) is 7.65. The van der Waals surface area contributed by atoms with E-state index >= 15 is 0 Å². The van der Waals surface area contributed by atoms with Crippen LogP contribution in [0.5, 0.6) is 0 Å². The Hall–Kier alpha value is -2.06. The van der Waals surface area contributed by atoms with Crippen LogP contribution in [0.25, 0.3) is 0 Å². The highest BCUT2D eigenvalue weighted by atomic mass is 35.5. The molecule has 0 aliphatic heterocycles. The van der Waals surface area contributed by atoms with Crippen molar-refractivity contribution in [2.75, 3.05) is 5.32 Å². The molecule has 3 rings (SSSR count). The lowest BCUT2D eigenvalue weighted by molar-refractivity contribution is 0.102. The Labute approximate surface area is 172 Å². The monoisotopic (exact) mass is 445 g/mol. The van der Waals surface area contributed by atoms with Gasteiger partial charge in [-0.3, -0.25) is 4.79 Å². The molecule has 0 spiro atoms. The van der Waals surface area contributed by atoms with Crippen molar-refractivity contribution in [2.45, 2.75) is 42.8 Å². The third kappa shape index (κ3) is 3.88. The summed E-state index contributed by atoms with van der Waals surface area (Å²) in [5, 5.41) is 2.21. The Morgan fingerprint density at radius 3 is 2.21 bits per heavy atom. The van der Waals surface area contributed by atoms with Crippen molar-refractivity contribution in [3.05, 3.63) is 58.4 Å². The number of carbonyl (C=O) groups is 1. The number of rotatable bonds is 5. The van der Waals surface area contributed by atoms with Crippen LogP contribution in [0.15, 0.2) is 35.2 Å². The number of amides is 1. The SMILES string of the molecule is CC(C)(C1CCC1)S(=O)(=O)c1cc(C(=O)Nc2cc(F)c(F)c(F)c2)ccc1Cl. The molecule has 1 fully saturated rings. The van der Waals surface area contributed by atoms with Crippen LogP contribution in [-0.4, -0.2) is 19.1 Å². The maximum Gasteiger partial charge on any atom is 0.255 e. The van der Waals surface area contributed by atoms with Crippen molar-refractivity contribution >= 4 is 33.0 Å². The van der Waals surface area contributed by atoms with Gasteiger partial charge in [0.15, 0.2) is 27.3 Å². The first-order valence-corrected chi connectivity index (χ1v) is 10.8. The number of sulfone groups is 1. The van der Waals surface area contributed by atoms with Crippen molar-refractivity contribution in [2.24, 2.45) is 5.92 Å². The van der Waals surface area contributed by atoms with E-state index in [1.807, 2.05) is 0 Å². The number of nitrogens with one attached hydrogen (secondary N) is 1. The lowest BCUT2D eigenvalue weighted by atomic mass is 9.77. The number of halogens is 4. The van der Waals surface area contributed by atoms with E-state index in [2.05, 4.69) is 5.32 Å². The van der Waals surface area contributed by atoms with E-state index in [4.69, 9.17) is 11.6 Å². The molecule has 0 saturated heterocycles. The Morgan fingerprint density at radius 1 is 1.10 bits per heavy atom. The summed E-state index contributed by atoms with van der Waals surface area (Å²) < 4.78 is 65.1. The minimum atomic E-state index is -3.86. The van der Waals surface area contributed by atoms with Crippen molar-refractivity contribution in [3.8, 4) is 0 Å². The second-order valence-corrected chi connectivity index (χ2v) is 10.5. The summed E-state index contributed by atoms with van der Waals surface area (Å²) in [7, 11) is -3.86. The van der Waals surface area contributed by atoms with Gasteiger partial charge in [-0.2, -0.15) is 0 Å². The molecular formula is C20H19ClF3NO3S. The van der Waals surface area contributed by atoms with Crippen molar-refractivity contribution in [1.82, 2.24) is 0 Å². The van der Waals surface area contributed by atoms with E-state index in [-0.39, 0.29) is 27.1 Å². The maximum atomic E-state index is 13.3. The molecule has 0 aromatic heterocycles. The Kier molecular flexibility index (Phi) is 5.71. The van der Waals surface area contributed by atoms with E-state index in [9.17, 15) is 26.4 Å². The molecule has 9 heteroatoms. The number of hydrogen-bond donors (Lipinski definition) is 1. The van der Waals surface area contributed by atoms with Gasteiger partial charge in [-0.25, -0.2) is 21.6 Å². The van der Waals surface area contributed by atoms with Gasteiger partial charge in [-0.15, -0.1) is 0 Å². The molecule has 4 nitrogen and oxygen atoms in total. The number of anilines is 1. The summed E-state index contributed by atoms with van der Waals surface area (Å²) in [6, 6.07) is 4.98. The summed E-state index contributed by atoms with van der Waals surface area (Å²) in [5.74, 6) is -5.39. The molecule has 2 aromatic carbocycles. The van der Waals surface area contributed by atoms with Gasteiger partial charge in [0.2, 0.25) is 0 Å². The van der Waals surface area contributed by atoms with Crippen LogP contribution in [0.2, 0.25) is 5.02 Å². The fourth-order valence-electron chi connectivity index (χ4n) is 3.29. The molecule has 2 aromatic rings. The van der Waals surface area contributed by atoms with E-state index in [1.165, 1.54) is 12.1 Å². The molecule has 0 radical (unpaired) electrons. The van der Waals surface area contributed by atoms with Gasteiger partial charge in [-0.1, -0.05) is 18.0 Å². The van der Waals surface area contributed by atoms with E-state index in [0.29, 0.717) is 12.1 Å². The molecule has 1 aliphatic carbocycles. The third-order valence-electron chi connectivity index (χ3n) is 5.51. The number of carbonyl (C=O) groups excluding carboxylic acids is 1. The van der Waals surface area contributed by atoms with Crippen LogP contribution >= 0.6 is 11.6 Å². The predicted octanol–water partition coefficient (Wildman–Crippen LogP) is 5.36. The molecule has 1 amide bonds. The smallest absolute Gasteiger partial charge is 0.255 e. The Bertz CT molecular complexity index is 1060. The Balaban J connectivity index is 1.93. The highest BCUT2D eigenvalue weighted by molar-refractivity contribution is 7.93. The highest BCUT2D eigenvalue weighted by Gasteiger charge is 2.45. The molecule has 0 unspecified atom stereocenters. The first kappa shape index (κ1) is 21.6. The summed E-state index contributed by atoms with van der Waals surface area (Å²) >= 11 is 6.12. The van der Waals surface area contributed by atoms with Gasteiger partial charge < -0.3 is 5.32 Å². The van der Waals surface area contributed by atoms with Crippen LogP contribution < -0.4 is 5.32 Å². The number of hydrogen-bond acceptors (Lipinski definition) is 3. The molecule has 1 saturated carbocycles. The Morgan fingerprint density at radius 2 is 1.69 bits per heavy atom. The van der Waals surface area contributed by atoms with Crippen LogP contribution in [0.3, 0.4) is 0 Å². The molecule has 0 bridgehead atoms. The fourth-order valence-corrected chi connectivity index (χ4v) is 5.56. The first-order valence-electron chi connectivity index (χ1n) is 8.95. The average Bonchev–Trinajstić information content (AvgIpc) is 2.57. The summed E-state index contributed by atoms with van der Waals surface area (Å²) in [6.45, 7) is 3.28. The van der Waals surface area contributed by atoms with Crippen LogP contribution in [0.1, 0.15) is 43.5 Å². The largest absolute Gasteiger partial charge is 0.322 e. The van der Waals surface area contributed by atoms with Gasteiger partial charge in [0.25, 0.3) is 5.91 Å². The van der Waals surface area contributed by atoms with Crippen LogP contribution in [0.4, 0.5) is 18.9 Å². The third-order valence-corrected chi connectivity index (χ3v) is 8.58. The van der Waals surface area contributed by atoms with Gasteiger partial charge in [0.1, 0.15) is 0 Å². The fraction of sp³-hybridized carbons (Fsp3) is 0.350. The summed E-state index contributed by atoms with van der Waals surface area (Å²) in [5.41, 5.74) is -0.372. The predicted molar refractivity (Wildman–Crippen MR) is 104 cm³/mol. The average molecular weight is 446 g/mol. The molecule has 0 atom stereocenters. The first-order chi connectivity index (χ1) is 13.4. The van der Waals surface area contributed by atoms with Gasteiger partial charge in [0, 0.05) is 23.4 Å². The normalized spacial score (nSPS) is 15.1. The van der Waals surface area contributed by atoms with Crippen LogP contribution in [-0.2, 0) is 9.84 Å². The van der Waals surface area contributed by atoms with E-state index in [0.717, 1.165) is 25.3 Å². The van der Waals surface area contributed by atoms with Crippen LogP contribution in [0, 0.1) is 23.4 Å². The molecule has 29 heavy (non-hydrogen) atoms. The van der Waals surface area contributed by atoms with Crippen molar-refractivity contribution in [3.63, 3.8) is 0 Å². The zero-order valence-corrected chi connectivity index (χ0v) is 17.3. The van der Waals surface area contributed by atoms with E-state index in [1.54, 1.807) is 13.8 Å².